The lowest BCUT2D eigenvalue weighted by atomic mass is 9.95. The zero-order valence-electron chi connectivity index (χ0n) is 11.3. The summed E-state index contributed by atoms with van der Waals surface area (Å²) in [4.78, 5) is 2.59. The molecule has 0 saturated heterocycles. The fourth-order valence-corrected chi connectivity index (χ4v) is 4.45. The minimum Gasteiger partial charge on any atom is -0.312 e. The van der Waals surface area contributed by atoms with E-state index in [1.54, 1.807) is 0 Å². The topological polar surface area (TPSA) is 15.3 Å². The number of hydrogen-bond donors (Lipinski definition) is 1. The monoisotopic (exact) mass is 236 g/mol. The van der Waals surface area contributed by atoms with Crippen LogP contribution in [0, 0.1) is 11.8 Å². The third-order valence-electron chi connectivity index (χ3n) is 5.56. The second-order valence-corrected chi connectivity index (χ2v) is 6.65. The SMILES string of the molecule is CN(CCNC1CC2CCC1C2)C1CCCC1. The number of rotatable bonds is 5. The van der Waals surface area contributed by atoms with Gasteiger partial charge in [-0.2, -0.15) is 0 Å². The van der Waals surface area contributed by atoms with Crippen molar-refractivity contribution in [2.24, 2.45) is 11.8 Å². The van der Waals surface area contributed by atoms with Crippen LogP contribution in [0.2, 0.25) is 0 Å². The summed E-state index contributed by atoms with van der Waals surface area (Å²) in [6.45, 7) is 2.46. The lowest BCUT2D eigenvalue weighted by Gasteiger charge is -2.27. The van der Waals surface area contributed by atoms with E-state index in [-0.39, 0.29) is 0 Å². The lowest BCUT2D eigenvalue weighted by Crippen LogP contribution is -2.41. The van der Waals surface area contributed by atoms with Crippen LogP contribution in [0.5, 0.6) is 0 Å². The van der Waals surface area contributed by atoms with Crippen LogP contribution in [0.3, 0.4) is 0 Å². The highest BCUT2D eigenvalue weighted by molar-refractivity contribution is 4.94. The summed E-state index contributed by atoms with van der Waals surface area (Å²) in [6, 6.07) is 1.75. The fourth-order valence-electron chi connectivity index (χ4n) is 4.45. The maximum Gasteiger partial charge on any atom is 0.0107 e. The standard InChI is InChI=1S/C15H28N2/c1-17(14-4-2-3-5-14)9-8-16-15-11-12-6-7-13(15)10-12/h12-16H,2-11H2,1H3. The Morgan fingerprint density at radius 3 is 2.53 bits per heavy atom. The van der Waals surface area contributed by atoms with Crippen LogP contribution in [0.15, 0.2) is 0 Å². The summed E-state index contributed by atoms with van der Waals surface area (Å²) < 4.78 is 0. The summed E-state index contributed by atoms with van der Waals surface area (Å²) in [5.41, 5.74) is 0. The maximum absolute atomic E-state index is 3.83. The van der Waals surface area contributed by atoms with Gasteiger partial charge >= 0.3 is 0 Å². The molecule has 3 saturated carbocycles. The van der Waals surface area contributed by atoms with Gasteiger partial charge in [0, 0.05) is 25.2 Å². The molecule has 1 N–H and O–H groups in total. The molecule has 0 aromatic heterocycles. The second kappa shape index (κ2) is 5.27. The lowest BCUT2D eigenvalue weighted by molar-refractivity contribution is 0.235. The summed E-state index contributed by atoms with van der Waals surface area (Å²) in [6.07, 6.45) is 11.8. The minimum absolute atomic E-state index is 0.866. The van der Waals surface area contributed by atoms with Gasteiger partial charge in [0.05, 0.1) is 0 Å². The van der Waals surface area contributed by atoms with E-state index in [1.165, 1.54) is 64.5 Å². The first-order valence-electron chi connectivity index (χ1n) is 7.76. The van der Waals surface area contributed by atoms with Crippen LogP contribution in [0.1, 0.15) is 51.4 Å². The smallest absolute Gasteiger partial charge is 0.0107 e. The van der Waals surface area contributed by atoms with Gasteiger partial charge in [-0.25, -0.2) is 0 Å². The first-order valence-corrected chi connectivity index (χ1v) is 7.76. The van der Waals surface area contributed by atoms with Crippen molar-refractivity contribution in [3.63, 3.8) is 0 Å². The van der Waals surface area contributed by atoms with Gasteiger partial charge < -0.3 is 10.2 Å². The molecule has 0 amide bonds. The molecule has 0 aromatic carbocycles. The molecule has 98 valence electrons. The predicted molar refractivity (Wildman–Crippen MR) is 72.1 cm³/mol. The molecule has 17 heavy (non-hydrogen) atoms. The van der Waals surface area contributed by atoms with Gasteiger partial charge in [0.15, 0.2) is 0 Å². The zero-order chi connectivity index (χ0) is 11.7. The molecule has 3 rings (SSSR count). The highest BCUT2D eigenvalue weighted by Crippen LogP contribution is 2.44. The first kappa shape index (κ1) is 12.0. The summed E-state index contributed by atoms with van der Waals surface area (Å²) >= 11 is 0. The number of likely N-dealkylation sites (N-methyl/N-ethyl adjacent to an activating group) is 1. The number of nitrogens with zero attached hydrogens (tertiary/aromatic N) is 1. The molecule has 3 atom stereocenters. The van der Waals surface area contributed by atoms with Gasteiger partial charge in [-0.05, 0) is 51.0 Å². The van der Waals surface area contributed by atoms with Crippen molar-refractivity contribution < 1.29 is 0 Å². The zero-order valence-corrected chi connectivity index (χ0v) is 11.3. The van der Waals surface area contributed by atoms with Crippen LogP contribution in [0.25, 0.3) is 0 Å². The summed E-state index contributed by atoms with van der Waals surface area (Å²) in [5.74, 6) is 2.10. The van der Waals surface area contributed by atoms with Crippen LogP contribution >= 0.6 is 0 Å². The van der Waals surface area contributed by atoms with Crippen molar-refractivity contribution in [1.29, 1.82) is 0 Å². The predicted octanol–water partition coefficient (Wildman–Crippen LogP) is 2.64. The summed E-state index contributed by atoms with van der Waals surface area (Å²) in [7, 11) is 2.32. The molecule has 2 nitrogen and oxygen atoms in total. The van der Waals surface area contributed by atoms with Crippen LogP contribution in [-0.4, -0.2) is 37.1 Å². The third kappa shape index (κ3) is 2.68. The molecule has 2 bridgehead atoms. The van der Waals surface area contributed by atoms with Crippen molar-refractivity contribution in [3.8, 4) is 0 Å². The highest BCUT2D eigenvalue weighted by atomic mass is 15.1. The Morgan fingerprint density at radius 2 is 1.88 bits per heavy atom. The van der Waals surface area contributed by atoms with E-state index in [1.807, 2.05) is 0 Å². The van der Waals surface area contributed by atoms with Crippen molar-refractivity contribution in [1.82, 2.24) is 10.2 Å². The van der Waals surface area contributed by atoms with Gasteiger partial charge in [0.1, 0.15) is 0 Å². The van der Waals surface area contributed by atoms with Crippen LogP contribution < -0.4 is 5.32 Å². The molecular weight excluding hydrogens is 208 g/mol. The number of hydrogen-bond acceptors (Lipinski definition) is 2. The Kier molecular flexibility index (Phi) is 3.72. The van der Waals surface area contributed by atoms with E-state index in [0.717, 1.165) is 23.9 Å². The Bertz CT molecular complexity index is 247. The van der Waals surface area contributed by atoms with Crippen molar-refractivity contribution in [2.75, 3.05) is 20.1 Å². The van der Waals surface area contributed by atoms with Crippen molar-refractivity contribution >= 4 is 0 Å². The van der Waals surface area contributed by atoms with E-state index in [9.17, 15) is 0 Å². The fraction of sp³-hybridized carbons (Fsp3) is 1.00. The van der Waals surface area contributed by atoms with Crippen LogP contribution in [-0.2, 0) is 0 Å². The molecule has 2 heteroatoms. The van der Waals surface area contributed by atoms with E-state index in [4.69, 9.17) is 0 Å². The molecule has 3 fully saturated rings. The molecule has 0 heterocycles. The highest BCUT2D eigenvalue weighted by Gasteiger charge is 2.38. The molecular formula is C15H28N2. The van der Waals surface area contributed by atoms with Gasteiger partial charge in [0.2, 0.25) is 0 Å². The molecule has 0 spiro atoms. The Balaban J connectivity index is 1.34. The third-order valence-corrected chi connectivity index (χ3v) is 5.56. The first-order chi connectivity index (χ1) is 8.33. The largest absolute Gasteiger partial charge is 0.312 e. The average molecular weight is 236 g/mol. The molecule has 0 aromatic rings. The second-order valence-electron chi connectivity index (χ2n) is 6.65. The van der Waals surface area contributed by atoms with E-state index in [0.29, 0.717) is 0 Å². The van der Waals surface area contributed by atoms with Gasteiger partial charge in [-0.15, -0.1) is 0 Å². The average Bonchev–Trinajstić information content (AvgIpc) is 3.06. The van der Waals surface area contributed by atoms with Crippen LogP contribution in [0.4, 0.5) is 0 Å². The molecule has 0 aliphatic heterocycles. The molecule has 0 radical (unpaired) electrons. The van der Waals surface area contributed by atoms with E-state index >= 15 is 0 Å². The summed E-state index contributed by atoms with van der Waals surface area (Å²) in [5, 5.41) is 3.83. The van der Waals surface area contributed by atoms with Gasteiger partial charge in [0.25, 0.3) is 0 Å². The number of fused-ring (bicyclic) bond motifs is 2. The molecule has 3 unspecified atom stereocenters. The van der Waals surface area contributed by atoms with Crippen molar-refractivity contribution in [3.05, 3.63) is 0 Å². The molecule has 3 aliphatic carbocycles. The minimum atomic E-state index is 0.866. The Hall–Kier alpha value is -0.0800. The maximum atomic E-state index is 3.83. The van der Waals surface area contributed by atoms with Gasteiger partial charge in [-0.1, -0.05) is 19.3 Å². The Morgan fingerprint density at radius 1 is 1.06 bits per heavy atom. The number of nitrogens with one attached hydrogen (secondary N) is 1. The normalized spacial score (nSPS) is 37.4. The van der Waals surface area contributed by atoms with Gasteiger partial charge in [-0.3, -0.25) is 0 Å². The quantitative estimate of drug-likeness (QED) is 0.789. The van der Waals surface area contributed by atoms with Crippen molar-refractivity contribution in [2.45, 2.75) is 63.5 Å². The van der Waals surface area contributed by atoms with E-state index < -0.39 is 0 Å². The molecule has 3 aliphatic rings. The Labute approximate surface area is 106 Å². The van der Waals surface area contributed by atoms with E-state index in [2.05, 4.69) is 17.3 Å².